The molecule has 3 N–H and O–H groups in total. The summed E-state index contributed by atoms with van der Waals surface area (Å²) in [5, 5.41) is 20.9. The van der Waals surface area contributed by atoms with E-state index < -0.39 is 18.0 Å². The largest absolute Gasteiger partial charge is 0.480 e. The number of aliphatic carboxylic acids is 2. The SMILES string of the molecule is CC1(C)CC1C(=O)N/C(=C\CCCCN1CSCC1C(=O)O)C(=O)O. The first-order chi connectivity index (χ1) is 11.7. The van der Waals surface area contributed by atoms with Crippen molar-refractivity contribution in [2.45, 2.75) is 45.6 Å². The number of carbonyl (C=O) groups excluding carboxylic acids is 1. The normalized spacial score (nSPS) is 25.6. The van der Waals surface area contributed by atoms with E-state index in [1.807, 2.05) is 18.7 Å². The first-order valence-corrected chi connectivity index (χ1v) is 9.67. The fraction of sp³-hybridized carbons (Fsp3) is 0.706. The van der Waals surface area contributed by atoms with Gasteiger partial charge in [0.15, 0.2) is 0 Å². The number of thioether (sulfide) groups is 1. The highest BCUT2D eigenvalue weighted by Crippen LogP contribution is 2.51. The molecule has 1 aliphatic heterocycles. The molecule has 25 heavy (non-hydrogen) atoms. The summed E-state index contributed by atoms with van der Waals surface area (Å²) in [6, 6.07) is -0.420. The van der Waals surface area contributed by atoms with E-state index in [-0.39, 0.29) is 22.9 Å². The van der Waals surface area contributed by atoms with Crippen LogP contribution in [0.1, 0.15) is 39.5 Å². The monoisotopic (exact) mass is 370 g/mol. The van der Waals surface area contributed by atoms with E-state index in [0.717, 1.165) is 25.1 Å². The fourth-order valence-corrected chi connectivity index (χ4v) is 4.18. The maximum atomic E-state index is 12.0. The van der Waals surface area contributed by atoms with Gasteiger partial charge < -0.3 is 15.5 Å². The van der Waals surface area contributed by atoms with Crippen LogP contribution in [0.25, 0.3) is 0 Å². The zero-order valence-corrected chi connectivity index (χ0v) is 15.5. The lowest BCUT2D eigenvalue weighted by molar-refractivity contribution is -0.141. The van der Waals surface area contributed by atoms with Crippen LogP contribution in [0.2, 0.25) is 0 Å². The minimum atomic E-state index is -1.13. The highest BCUT2D eigenvalue weighted by atomic mass is 32.2. The van der Waals surface area contributed by atoms with E-state index in [1.165, 1.54) is 0 Å². The maximum absolute atomic E-state index is 12.0. The molecular weight excluding hydrogens is 344 g/mol. The molecule has 0 bridgehead atoms. The number of hydrogen-bond acceptors (Lipinski definition) is 5. The minimum Gasteiger partial charge on any atom is -0.480 e. The highest BCUT2D eigenvalue weighted by molar-refractivity contribution is 7.99. The van der Waals surface area contributed by atoms with Crippen LogP contribution in [-0.2, 0) is 14.4 Å². The van der Waals surface area contributed by atoms with Gasteiger partial charge in [-0.2, -0.15) is 0 Å². The van der Waals surface area contributed by atoms with Crippen molar-refractivity contribution in [1.82, 2.24) is 10.2 Å². The van der Waals surface area contributed by atoms with Crippen LogP contribution in [0.4, 0.5) is 0 Å². The number of carbonyl (C=O) groups is 3. The summed E-state index contributed by atoms with van der Waals surface area (Å²) in [5.41, 5.74) is -0.102. The number of carboxylic acids is 2. The Labute approximate surface area is 151 Å². The summed E-state index contributed by atoms with van der Waals surface area (Å²) in [6.45, 7) is 4.66. The van der Waals surface area contributed by atoms with Crippen molar-refractivity contribution in [2.24, 2.45) is 11.3 Å². The summed E-state index contributed by atoms with van der Waals surface area (Å²) in [5.74, 6) is -0.923. The van der Waals surface area contributed by atoms with Gasteiger partial charge in [-0.15, -0.1) is 11.8 Å². The molecule has 0 aromatic carbocycles. The van der Waals surface area contributed by atoms with E-state index in [4.69, 9.17) is 5.11 Å². The van der Waals surface area contributed by atoms with Crippen molar-refractivity contribution in [3.05, 3.63) is 11.8 Å². The molecule has 2 atom stereocenters. The molecule has 0 aromatic rings. The molecule has 2 aliphatic rings. The maximum Gasteiger partial charge on any atom is 0.352 e. The molecule has 0 radical (unpaired) electrons. The molecule has 0 aromatic heterocycles. The predicted molar refractivity (Wildman–Crippen MR) is 95.1 cm³/mol. The number of allylic oxidation sites excluding steroid dienone is 1. The summed E-state index contributed by atoms with van der Waals surface area (Å²) in [7, 11) is 0. The molecule has 0 spiro atoms. The quantitative estimate of drug-likeness (QED) is 0.419. The number of carboxylic acid groups (broad SMARTS) is 2. The zero-order chi connectivity index (χ0) is 18.6. The Kier molecular flexibility index (Phi) is 6.51. The Hall–Kier alpha value is -1.54. The molecule has 1 saturated carbocycles. The average molecular weight is 370 g/mol. The highest BCUT2D eigenvalue weighted by Gasteiger charge is 2.50. The molecule has 2 fully saturated rings. The second kappa shape index (κ2) is 8.23. The van der Waals surface area contributed by atoms with Crippen molar-refractivity contribution in [2.75, 3.05) is 18.2 Å². The van der Waals surface area contributed by atoms with Gasteiger partial charge in [0.05, 0.1) is 0 Å². The molecule has 2 unspecified atom stereocenters. The van der Waals surface area contributed by atoms with Crippen molar-refractivity contribution < 1.29 is 24.6 Å². The van der Waals surface area contributed by atoms with Crippen LogP contribution >= 0.6 is 11.8 Å². The Morgan fingerprint density at radius 1 is 1.28 bits per heavy atom. The minimum absolute atomic E-state index is 0.0396. The van der Waals surface area contributed by atoms with Crippen molar-refractivity contribution in [1.29, 1.82) is 0 Å². The van der Waals surface area contributed by atoms with Gasteiger partial charge in [0, 0.05) is 17.5 Å². The standard InChI is InChI=1S/C17H26N2O5S/c1-17(2)8-11(17)14(20)18-12(15(21)22)6-4-3-5-7-19-10-25-9-13(19)16(23)24/h6,11,13H,3-5,7-10H2,1-2H3,(H,18,20)(H,21,22)(H,23,24)/b12-6-. The van der Waals surface area contributed by atoms with E-state index in [9.17, 15) is 19.5 Å². The number of rotatable bonds is 9. The third-order valence-electron chi connectivity index (χ3n) is 4.82. The third-order valence-corrected chi connectivity index (χ3v) is 5.89. The van der Waals surface area contributed by atoms with Crippen LogP contribution in [0.15, 0.2) is 11.8 Å². The van der Waals surface area contributed by atoms with E-state index in [2.05, 4.69) is 5.32 Å². The number of amides is 1. The molecule has 1 saturated heterocycles. The second-order valence-corrected chi connectivity index (χ2v) is 8.32. The Bertz CT molecular complexity index is 575. The van der Waals surface area contributed by atoms with Crippen molar-refractivity contribution in [3.8, 4) is 0 Å². The van der Waals surface area contributed by atoms with Gasteiger partial charge in [-0.1, -0.05) is 19.9 Å². The summed E-state index contributed by atoms with van der Waals surface area (Å²) in [4.78, 5) is 36.3. The Morgan fingerprint density at radius 2 is 1.96 bits per heavy atom. The van der Waals surface area contributed by atoms with Gasteiger partial charge >= 0.3 is 11.9 Å². The van der Waals surface area contributed by atoms with Gasteiger partial charge in [0.25, 0.3) is 0 Å². The topological polar surface area (TPSA) is 107 Å². The number of hydrogen-bond donors (Lipinski definition) is 3. The smallest absolute Gasteiger partial charge is 0.352 e. The van der Waals surface area contributed by atoms with E-state index >= 15 is 0 Å². The molecule has 1 aliphatic carbocycles. The molecule has 1 amide bonds. The molecule has 140 valence electrons. The summed E-state index contributed by atoms with van der Waals surface area (Å²) >= 11 is 1.61. The number of nitrogens with one attached hydrogen (secondary N) is 1. The lowest BCUT2D eigenvalue weighted by Gasteiger charge is -2.19. The summed E-state index contributed by atoms with van der Waals surface area (Å²) < 4.78 is 0. The lowest BCUT2D eigenvalue weighted by Crippen LogP contribution is -2.38. The van der Waals surface area contributed by atoms with Crippen molar-refractivity contribution in [3.63, 3.8) is 0 Å². The molecule has 8 heteroatoms. The van der Waals surface area contributed by atoms with E-state index in [0.29, 0.717) is 18.7 Å². The molecule has 2 rings (SSSR count). The van der Waals surface area contributed by atoms with Crippen LogP contribution < -0.4 is 5.32 Å². The number of unbranched alkanes of at least 4 members (excludes halogenated alkanes) is 2. The molecule has 7 nitrogen and oxygen atoms in total. The molecular formula is C17H26N2O5S. The summed E-state index contributed by atoms with van der Waals surface area (Å²) in [6.07, 6.45) is 4.40. The van der Waals surface area contributed by atoms with E-state index in [1.54, 1.807) is 17.8 Å². The molecule has 1 heterocycles. The third kappa shape index (κ3) is 5.47. The fourth-order valence-electron chi connectivity index (χ4n) is 2.96. The van der Waals surface area contributed by atoms with Gasteiger partial charge in [-0.3, -0.25) is 14.5 Å². The second-order valence-electron chi connectivity index (χ2n) is 7.32. The lowest BCUT2D eigenvalue weighted by atomic mass is 10.1. The zero-order valence-electron chi connectivity index (χ0n) is 14.7. The van der Waals surface area contributed by atoms with Gasteiger partial charge in [-0.25, -0.2) is 4.79 Å². The Morgan fingerprint density at radius 3 is 2.52 bits per heavy atom. The van der Waals surface area contributed by atoms with Crippen LogP contribution in [0.5, 0.6) is 0 Å². The number of nitrogens with zero attached hydrogens (tertiary/aromatic N) is 1. The predicted octanol–water partition coefficient (Wildman–Crippen LogP) is 1.75. The average Bonchev–Trinajstić information content (AvgIpc) is 2.95. The Balaban J connectivity index is 1.73. The van der Waals surface area contributed by atoms with Gasteiger partial charge in [0.2, 0.25) is 5.91 Å². The first-order valence-electron chi connectivity index (χ1n) is 8.51. The first kappa shape index (κ1) is 19.8. The van der Waals surface area contributed by atoms with Crippen molar-refractivity contribution >= 4 is 29.6 Å². The van der Waals surface area contributed by atoms with Crippen LogP contribution in [0, 0.1) is 11.3 Å². The van der Waals surface area contributed by atoms with Crippen LogP contribution in [0.3, 0.4) is 0 Å². The van der Waals surface area contributed by atoms with Gasteiger partial charge in [0.1, 0.15) is 11.7 Å². The van der Waals surface area contributed by atoms with Gasteiger partial charge in [-0.05, 0) is 37.6 Å². The van der Waals surface area contributed by atoms with Crippen LogP contribution in [-0.4, -0.2) is 57.2 Å².